The lowest BCUT2D eigenvalue weighted by Crippen LogP contribution is -2.56. The Morgan fingerprint density at radius 1 is 0.957 bits per heavy atom. The maximum Gasteiger partial charge on any atom is 0.124 e. The van der Waals surface area contributed by atoms with Gasteiger partial charge in [-0.3, -0.25) is 0 Å². The predicted octanol–water partition coefficient (Wildman–Crippen LogP) is 4.18. The Hall–Kier alpha value is -1.84. The number of hydrogen-bond acceptors (Lipinski definition) is 2. The van der Waals surface area contributed by atoms with Crippen molar-refractivity contribution in [3.63, 3.8) is 0 Å². The molecule has 0 aliphatic carbocycles. The van der Waals surface area contributed by atoms with E-state index in [1.54, 1.807) is 0 Å². The van der Waals surface area contributed by atoms with Crippen LogP contribution >= 0.6 is 0 Å². The molecular formula is C20H25NO2. The summed E-state index contributed by atoms with van der Waals surface area (Å²) in [6.07, 6.45) is 2.45. The number of likely N-dealkylation sites (tertiary alicyclic amines) is 1. The first-order valence-electron chi connectivity index (χ1n) is 8.48. The number of benzene rings is 2. The van der Waals surface area contributed by atoms with Gasteiger partial charge in [0.15, 0.2) is 0 Å². The smallest absolute Gasteiger partial charge is 0.124 e. The number of piperidine rings is 1. The van der Waals surface area contributed by atoms with Crippen molar-refractivity contribution in [1.82, 2.24) is 0 Å². The molecule has 0 unspecified atom stereocenters. The van der Waals surface area contributed by atoms with E-state index in [2.05, 4.69) is 24.3 Å². The first kappa shape index (κ1) is 16.0. The second-order valence-corrected chi connectivity index (χ2v) is 6.58. The molecule has 0 bridgehead atoms. The highest BCUT2D eigenvalue weighted by Crippen LogP contribution is 2.34. The van der Waals surface area contributed by atoms with Crippen molar-refractivity contribution in [3.05, 3.63) is 71.4 Å². The van der Waals surface area contributed by atoms with E-state index in [9.17, 15) is 5.21 Å². The molecule has 0 N–H and O–H groups in total. The average molecular weight is 311 g/mol. The third-order valence-electron chi connectivity index (χ3n) is 4.97. The summed E-state index contributed by atoms with van der Waals surface area (Å²) in [6.45, 7) is 3.90. The maximum atomic E-state index is 12.6. The normalized spacial score (nSPS) is 27.6. The fourth-order valence-electron chi connectivity index (χ4n) is 3.39. The van der Waals surface area contributed by atoms with Gasteiger partial charge in [-0.15, -0.1) is 0 Å². The molecule has 3 rings (SSSR count). The highest BCUT2D eigenvalue weighted by Gasteiger charge is 2.40. The Labute approximate surface area is 138 Å². The third-order valence-corrected chi connectivity index (χ3v) is 4.97. The number of ether oxygens (including phenoxy) is 1. The Kier molecular flexibility index (Phi) is 4.69. The van der Waals surface area contributed by atoms with Crippen molar-refractivity contribution in [2.45, 2.75) is 31.8 Å². The molecule has 0 atom stereocenters. The molecule has 0 aromatic heterocycles. The van der Waals surface area contributed by atoms with Crippen molar-refractivity contribution in [1.29, 1.82) is 0 Å². The molecule has 2 aromatic rings. The van der Waals surface area contributed by atoms with Crippen molar-refractivity contribution in [2.75, 3.05) is 19.6 Å². The van der Waals surface area contributed by atoms with Gasteiger partial charge in [0.1, 0.15) is 11.4 Å². The maximum absolute atomic E-state index is 12.6. The van der Waals surface area contributed by atoms with E-state index in [1.165, 1.54) is 5.56 Å². The van der Waals surface area contributed by atoms with Crippen LogP contribution in [0.3, 0.4) is 0 Å². The number of para-hydroxylation sites is 1. The first-order chi connectivity index (χ1) is 11.1. The topological polar surface area (TPSA) is 32.3 Å². The van der Waals surface area contributed by atoms with Crippen molar-refractivity contribution in [3.8, 4) is 5.75 Å². The van der Waals surface area contributed by atoms with Crippen molar-refractivity contribution in [2.24, 2.45) is 0 Å². The molecule has 1 heterocycles. The number of hydrogen-bond donors (Lipinski definition) is 0. The Morgan fingerprint density at radius 2 is 1.52 bits per heavy atom. The Bertz CT molecular complexity index is 561. The molecule has 1 aliphatic heterocycles. The summed E-state index contributed by atoms with van der Waals surface area (Å²) in [6, 6.07) is 20.4. The molecule has 0 saturated carbocycles. The fourth-order valence-corrected chi connectivity index (χ4v) is 3.39. The molecule has 0 spiro atoms. The quantitative estimate of drug-likeness (QED) is 0.613. The molecule has 3 heteroatoms. The van der Waals surface area contributed by atoms with E-state index in [0.717, 1.165) is 25.0 Å². The van der Waals surface area contributed by atoms with Crippen LogP contribution < -0.4 is 4.74 Å². The summed E-state index contributed by atoms with van der Waals surface area (Å²) in [5.41, 5.74) is 0.996. The molecular weight excluding hydrogens is 286 g/mol. The van der Waals surface area contributed by atoms with E-state index in [1.807, 2.05) is 43.3 Å². The van der Waals surface area contributed by atoms with E-state index >= 15 is 0 Å². The minimum Gasteiger partial charge on any atom is -0.633 e. The van der Waals surface area contributed by atoms with Crippen LogP contribution in [0.25, 0.3) is 0 Å². The zero-order chi connectivity index (χ0) is 16.2. The largest absolute Gasteiger partial charge is 0.633 e. The zero-order valence-corrected chi connectivity index (χ0v) is 13.8. The van der Waals surface area contributed by atoms with E-state index < -0.39 is 0 Å². The van der Waals surface area contributed by atoms with Crippen LogP contribution in [0.4, 0.5) is 0 Å². The summed E-state index contributed by atoms with van der Waals surface area (Å²) < 4.78 is 6.35. The number of hydroxylamine groups is 3. The van der Waals surface area contributed by atoms with Crippen LogP contribution in [-0.4, -0.2) is 29.9 Å². The molecule has 23 heavy (non-hydrogen) atoms. The summed E-state index contributed by atoms with van der Waals surface area (Å²) in [4.78, 5) is 0. The molecule has 0 amide bonds. The van der Waals surface area contributed by atoms with Gasteiger partial charge in [-0.1, -0.05) is 48.5 Å². The summed E-state index contributed by atoms with van der Waals surface area (Å²) in [5, 5.41) is 12.6. The summed E-state index contributed by atoms with van der Waals surface area (Å²) in [7, 11) is 0. The molecule has 2 aromatic carbocycles. The van der Waals surface area contributed by atoms with Gasteiger partial charge in [-0.05, 0) is 24.6 Å². The van der Waals surface area contributed by atoms with Gasteiger partial charge < -0.3 is 14.6 Å². The Morgan fingerprint density at radius 3 is 2.09 bits per heavy atom. The lowest BCUT2D eigenvalue weighted by molar-refractivity contribution is -0.886. The summed E-state index contributed by atoms with van der Waals surface area (Å²) in [5.74, 6) is 0.894. The van der Waals surface area contributed by atoms with Crippen LogP contribution in [-0.2, 0) is 6.42 Å². The molecule has 1 aliphatic rings. The lowest BCUT2D eigenvalue weighted by atomic mass is 9.84. The zero-order valence-electron chi connectivity index (χ0n) is 13.8. The highest BCUT2D eigenvalue weighted by molar-refractivity contribution is 5.24. The number of quaternary nitrogens is 1. The van der Waals surface area contributed by atoms with E-state index in [4.69, 9.17) is 4.74 Å². The summed E-state index contributed by atoms with van der Waals surface area (Å²) >= 11 is 0. The van der Waals surface area contributed by atoms with Crippen molar-refractivity contribution >= 4 is 0 Å². The Balaban J connectivity index is 1.82. The first-order valence-corrected chi connectivity index (χ1v) is 8.48. The SMILES string of the molecule is CC[N+]1([O-])CCC(Cc2ccccc2)(Oc2ccccc2)CC1. The molecule has 1 saturated heterocycles. The monoisotopic (exact) mass is 311 g/mol. The second kappa shape index (κ2) is 6.73. The van der Waals surface area contributed by atoms with Gasteiger partial charge in [0, 0.05) is 19.3 Å². The standard InChI is InChI=1S/C20H25NO2/c1-2-21(22)15-13-20(14-16-21,17-18-9-5-3-6-10-18)23-19-11-7-4-8-12-19/h3-12H,2,13-17H2,1H3. The molecule has 0 radical (unpaired) electrons. The van der Waals surface area contributed by atoms with Gasteiger partial charge >= 0.3 is 0 Å². The predicted molar refractivity (Wildman–Crippen MR) is 93.1 cm³/mol. The lowest BCUT2D eigenvalue weighted by Gasteiger charge is -2.50. The van der Waals surface area contributed by atoms with Crippen LogP contribution in [0.2, 0.25) is 0 Å². The van der Waals surface area contributed by atoms with E-state index in [0.29, 0.717) is 19.6 Å². The minimum absolute atomic E-state index is 0.0886. The third kappa shape index (κ3) is 3.92. The van der Waals surface area contributed by atoms with Crippen molar-refractivity contribution < 1.29 is 9.38 Å². The fraction of sp³-hybridized carbons (Fsp3) is 0.400. The highest BCUT2D eigenvalue weighted by atomic mass is 16.5. The second-order valence-electron chi connectivity index (χ2n) is 6.58. The van der Waals surface area contributed by atoms with Gasteiger partial charge in [0.05, 0.1) is 19.6 Å². The van der Waals surface area contributed by atoms with Gasteiger partial charge in [0.2, 0.25) is 0 Å². The van der Waals surface area contributed by atoms with E-state index in [-0.39, 0.29) is 10.2 Å². The van der Waals surface area contributed by atoms with Crippen LogP contribution in [0.1, 0.15) is 25.3 Å². The number of rotatable bonds is 5. The number of nitrogens with zero attached hydrogens (tertiary/aromatic N) is 1. The van der Waals surface area contributed by atoms with Gasteiger partial charge in [-0.2, -0.15) is 0 Å². The van der Waals surface area contributed by atoms with Crippen LogP contribution in [0.5, 0.6) is 5.75 Å². The molecule has 122 valence electrons. The van der Waals surface area contributed by atoms with Crippen LogP contribution in [0.15, 0.2) is 60.7 Å². The molecule has 3 nitrogen and oxygen atoms in total. The van der Waals surface area contributed by atoms with Crippen LogP contribution in [0, 0.1) is 5.21 Å². The van der Waals surface area contributed by atoms with Gasteiger partial charge in [0.25, 0.3) is 0 Å². The molecule has 1 fully saturated rings. The average Bonchev–Trinajstić information content (AvgIpc) is 2.60. The van der Waals surface area contributed by atoms with Gasteiger partial charge in [-0.25, -0.2) is 0 Å². The minimum atomic E-state index is -0.274.